The average molecular weight is 214 g/mol. The molecule has 1 N–H and O–H groups in total. The zero-order valence-corrected chi connectivity index (χ0v) is 9.33. The van der Waals surface area contributed by atoms with Crippen LogP contribution in [0.5, 0.6) is 0 Å². The minimum atomic E-state index is -0.394. The van der Waals surface area contributed by atoms with Gasteiger partial charge in [-0.25, -0.2) is 0 Å². The molecule has 2 nitrogen and oxygen atoms in total. The summed E-state index contributed by atoms with van der Waals surface area (Å²) in [6.07, 6.45) is 0.351. The second-order valence-corrected chi connectivity index (χ2v) is 4.10. The van der Waals surface area contributed by atoms with Gasteiger partial charge in [-0.3, -0.25) is 0 Å². The molecule has 0 fully saturated rings. The van der Waals surface area contributed by atoms with Crippen LogP contribution in [0.3, 0.4) is 0 Å². The summed E-state index contributed by atoms with van der Waals surface area (Å²) in [6.45, 7) is 0.879. The standard InChI is InChI=1S/C11H16ClNO/c1-13(2)8-7-11(14)9-3-5-10(12)6-4-9/h3-6,11,14H,7-8H2,1-2H3/t11-/m1/s1. The smallest absolute Gasteiger partial charge is 0.0802 e. The van der Waals surface area contributed by atoms with E-state index >= 15 is 0 Å². The Kier molecular flexibility index (Phi) is 4.39. The molecule has 0 unspecified atom stereocenters. The number of halogens is 1. The minimum absolute atomic E-state index is 0.394. The number of benzene rings is 1. The molecule has 0 saturated carbocycles. The molecule has 0 aliphatic carbocycles. The Morgan fingerprint density at radius 2 is 1.86 bits per heavy atom. The zero-order chi connectivity index (χ0) is 10.6. The zero-order valence-electron chi connectivity index (χ0n) is 8.57. The van der Waals surface area contributed by atoms with Crippen LogP contribution in [0.1, 0.15) is 18.1 Å². The molecule has 1 rings (SSSR count). The summed E-state index contributed by atoms with van der Waals surface area (Å²) in [5, 5.41) is 10.5. The summed E-state index contributed by atoms with van der Waals surface area (Å²) in [7, 11) is 3.99. The second-order valence-electron chi connectivity index (χ2n) is 3.66. The summed E-state index contributed by atoms with van der Waals surface area (Å²) in [4.78, 5) is 2.05. The largest absolute Gasteiger partial charge is 0.388 e. The first-order chi connectivity index (χ1) is 6.59. The molecule has 0 aromatic heterocycles. The van der Waals surface area contributed by atoms with E-state index in [0.29, 0.717) is 5.02 Å². The molecule has 78 valence electrons. The minimum Gasteiger partial charge on any atom is -0.388 e. The molecule has 1 atom stereocenters. The van der Waals surface area contributed by atoms with E-state index in [-0.39, 0.29) is 0 Å². The van der Waals surface area contributed by atoms with Crippen LogP contribution in [0, 0.1) is 0 Å². The maximum atomic E-state index is 9.79. The fourth-order valence-corrected chi connectivity index (χ4v) is 1.36. The summed E-state index contributed by atoms with van der Waals surface area (Å²) >= 11 is 5.75. The predicted molar refractivity (Wildman–Crippen MR) is 59.6 cm³/mol. The van der Waals surface area contributed by atoms with Gasteiger partial charge in [0, 0.05) is 11.6 Å². The molecule has 1 aromatic rings. The first kappa shape index (κ1) is 11.5. The van der Waals surface area contributed by atoms with Crippen LogP contribution in [-0.4, -0.2) is 30.6 Å². The highest BCUT2D eigenvalue weighted by atomic mass is 35.5. The third-order valence-corrected chi connectivity index (χ3v) is 2.36. The first-order valence-electron chi connectivity index (χ1n) is 4.68. The van der Waals surface area contributed by atoms with E-state index in [1.54, 1.807) is 12.1 Å². The maximum absolute atomic E-state index is 9.79. The number of aliphatic hydroxyl groups is 1. The van der Waals surface area contributed by atoms with E-state index in [4.69, 9.17) is 11.6 Å². The third kappa shape index (κ3) is 3.66. The first-order valence-corrected chi connectivity index (χ1v) is 5.05. The average Bonchev–Trinajstić information content (AvgIpc) is 2.15. The highest BCUT2D eigenvalue weighted by molar-refractivity contribution is 6.30. The summed E-state index contributed by atoms with van der Waals surface area (Å²) in [6, 6.07) is 7.33. The summed E-state index contributed by atoms with van der Waals surface area (Å²) in [5.41, 5.74) is 0.927. The highest BCUT2D eigenvalue weighted by Gasteiger charge is 2.07. The lowest BCUT2D eigenvalue weighted by molar-refractivity contribution is 0.154. The predicted octanol–water partition coefficient (Wildman–Crippen LogP) is 2.33. The van der Waals surface area contributed by atoms with Crippen molar-refractivity contribution in [2.75, 3.05) is 20.6 Å². The van der Waals surface area contributed by atoms with Gasteiger partial charge in [0.05, 0.1) is 6.10 Å². The van der Waals surface area contributed by atoms with Crippen molar-refractivity contribution in [3.8, 4) is 0 Å². The third-order valence-electron chi connectivity index (χ3n) is 2.10. The Balaban J connectivity index is 2.52. The molecule has 0 saturated heterocycles. The van der Waals surface area contributed by atoms with Crippen LogP contribution < -0.4 is 0 Å². The number of hydrogen-bond donors (Lipinski definition) is 1. The quantitative estimate of drug-likeness (QED) is 0.830. The van der Waals surface area contributed by atoms with Gasteiger partial charge in [0.2, 0.25) is 0 Å². The fourth-order valence-electron chi connectivity index (χ4n) is 1.23. The van der Waals surface area contributed by atoms with Gasteiger partial charge in [-0.15, -0.1) is 0 Å². The van der Waals surface area contributed by atoms with Crippen molar-refractivity contribution in [1.82, 2.24) is 4.90 Å². The number of rotatable bonds is 4. The van der Waals surface area contributed by atoms with Gasteiger partial charge in [-0.2, -0.15) is 0 Å². The normalized spacial score (nSPS) is 13.2. The highest BCUT2D eigenvalue weighted by Crippen LogP contribution is 2.18. The summed E-state index contributed by atoms with van der Waals surface area (Å²) in [5.74, 6) is 0. The SMILES string of the molecule is CN(C)CC[C@@H](O)c1ccc(Cl)cc1. The Bertz CT molecular complexity index is 271. The maximum Gasteiger partial charge on any atom is 0.0802 e. The van der Waals surface area contributed by atoms with Gasteiger partial charge in [0.25, 0.3) is 0 Å². The molecule has 0 aliphatic rings. The Morgan fingerprint density at radius 3 is 2.36 bits per heavy atom. The van der Waals surface area contributed by atoms with E-state index in [2.05, 4.69) is 4.90 Å². The lowest BCUT2D eigenvalue weighted by Crippen LogP contribution is -2.15. The van der Waals surface area contributed by atoms with Crippen molar-refractivity contribution < 1.29 is 5.11 Å². The van der Waals surface area contributed by atoms with Crippen LogP contribution in [0.15, 0.2) is 24.3 Å². The van der Waals surface area contributed by atoms with Crippen molar-refractivity contribution in [3.05, 3.63) is 34.9 Å². The molecule has 0 spiro atoms. The lowest BCUT2D eigenvalue weighted by atomic mass is 10.1. The summed E-state index contributed by atoms with van der Waals surface area (Å²) < 4.78 is 0. The molecule has 0 heterocycles. The van der Waals surface area contributed by atoms with Crippen LogP contribution in [0.25, 0.3) is 0 Å². The Morgan fingerprint density at radius 1 is 1.29 bits per heavy atom. The second kappa shape index (κ2) is 5.35. The van der Waals surface area contributed by atoms with Crippen molar-refractivity contribution in [3.63, 3.8) is 0 Å². The topological polar surface area (TPSA) is 23.5 Å². The molecule has 0 aliphatic heterocycles. The van der Waals surface area contributed by atoms with Gasteiger partial charge in [0.15, 0.2) is 0 Å². The number of aliphatic hydroxyl groups excluding tert-OH is 1. The van der Waals surface area contributed by atoms with E-state index in [9.17, 15) is 5.11 Å². The van der Waals surface area contributed by atoms with Crippen LogP contribution >= 0.6 is 11.6 Å². The van der Waals surface area contributed by atoms with Crippen LogP contribution in [0.2, 0.25) is 5.02 Å². The van der Waals surface area contributed by atoms with Crippen molar-refractivity contribution in [1.29, 1.82) is 0 Å². The molecule has 0 amide bonds. The number of hydrogen-bond acceptors (Lipinski definition) is 2. The van der Waals surface area contributed by atoms with Crippen LogP contribution in [-0.2, 0) is 0 Å². The van der Waals surface area contributed by atoms with E-state index in [1.807, 2.05) is 26.2 Å². The molecule has 0 radical (unpaired) electrons. The van der Waals surface area contributed by atoms with Crippen molar-refractivity contribution in [2.24, 2.45) is 0 Å². The van der Waals surface area contributed by atoms with Gasteiger partial charge in [-0.05, 0) is 38.2 Å². The van der Waals surface area contributed by atoms with Crippen molar-refractivity contribution >= 4 is 11.6 Å². The molecule has 3 heteroatoms. The van der Waals surface area contributed by atoms with Gasteiger partial charge in [-0.1, -0.05) is 23.7 Å². The van der Waals surface area contributed by atoms with E-state index in [0.717, 1.165) is 18.5 Å². The molecular weight excluding hydrogens is 198 g/mol. The fraction of sp³-hybridized carbons (Fsp3) is 0.455. The van der Waals surface area contributed by atoms with Gasteiger partial charge in [0.1, 0.15) is 0 Å². The Hall–Kier alpha value is -0.570. The molecule has 0 bridgehead atoms. The van der Waals surface area contributed by atoms with Crippen molar-refractivity contribution in [2.45, 2.75) is 12.5 Å². The monoisotopic (exact) mass is 213 g/mol. The van der Waals surface area contributed by atoms with E-state index < -0.39 is 6.10 Å². The van der Waals surface area contributed by atoms with Gasteiger partial charge >= 0.3 is 0 Å². The lowest BCUT2D eigenvalue weighted by Gasteiger charge is -2.14. The van der Waals surface area contributed by atoms with E-state index in [1.165, 1.54) is 0 Å². The molecule has 14 heavy (non-hydrogen) atoms. The van der Waals surface area contributed by atoms with Gasteiger partial charge < -0.3 is 10.0 Å². The molecule has 1 aromatic carbocycles. The molecular formula is C11H16ClNO. The Labute approximate surface area is 90.1 Å². The van der Waals surface area contributed by atoms with Crippen LogP contribution in [0.4, 0.5) is 0 Å². The number of nitrogens with zero attached hydrogens (tertiary/aromatic N) is 1.